The number of hydrogen-bond acceptors (Lipinski definition) is 7. The lowest BCUT2D eigenvalue weighted by Gasteiger charge is -2.25. The van der Waals surface area contributed by atoms with Gasteiger partial charge in [-0.05, 0) is 38.5 Å². The summed E-state index contributed by atoms with van der Waals surface area (Å²) in [6, 6.07) is -0.896. The molecule has 308 valence electrons. The van der Waals surface area contributed by atoms with Gasteiger partial charge >= 0.3 is 7.82 Å². The van der Waals surface area contributed by atoms with Crippen molar-refractivity contribution >= 4 is 13.7 Å². The molecule has 0 aromatic rings. The molecule has 0 aliphatic rings. The smallest absolute Gasteiger partial charge is 0.393 e. The maximum absolute atomic E-state index is 12.8. The zero-order valence-corrected chi connectivity index (χ0v) is 34.6. The van der Waals surface area contributed by atoms with Crippen LogP contribution in [0.5, 0.6) is 0 Å². The minimum absolute atomic E-state index is 0.0589. The Bertz CT molecular complexity index is 888. The third-order valence-electron chi connectivity index (χ3n) is 9.64. The first-order valence-corrected chi connectivity index (χ1v) is 23.0. The number of nitrogens with one attached hydrogen (secondary N) is 1. The van der Waals surface area contributed by atoms with Gasteiger partial charge in [0.1, 0.15) is 0 Å². The molecule has 0 saturated carbocycles. The van der Waals surface area contributed by atoms with E-state index in [1.165, 1.54) is 122 Å². The normalized spacial score (nSPS) is 15.0. The number of allylic oxidation sites excluding steroid dienone is 4. The third kappa shape index (κ3) is 35.9. The van der Waals surface area contributed by atoms with Crippen molar-refractivity contribution in [3.05, 3.63) is 24.3 Å². The van der Waals surface area contributed by atoms with Crippen molar-refractivity contribution in [3.63, 3.8) is 0 Å². The zero-order chi connectivity index (χ0) is 38.4. The van der Waals surface area contributed by atoms with E-state index in [1.807, 2.05) is 0 Å². The molecular weight excluding hydrogens is 675 g/mol. The molecule has 4 unspecified atom stereocenters. The fourth-order valence-corrected chi connectivity index (χ4v) is 7.11. The number of phosphoric acid groups is 1. The van der Waals surface area contributed by atoms with Gasteiger partial charge in [-0.15, -0.1) is 0 Å². The Kier molecular flexibility index (Phi) is 37.4. The molecule has 9 nitrogen and oxygen atoms in total. The largest absolute Gasteiger partial charge is 0.472 e. The molecule has 0 aliphatic carbocycles. The van der Waals surface area contributed by atoms with E-state index < -0.39 is 32.0 Å². The van der Waals surface area contributed by atoms with Gasteiger partial charge in [0.2, 0.25) is 5.91 Å². The van der Waals surface area contributed by atoms with Crippen LogP contribution in [0.4, 0.5) is 0 Å². The van der Waals surface area contributed by atoms with Crippen LogP contribution in [0.3, 0.4) is 0 Å². The Morgan fingerprint density at radius 3 is 1.58 bits per heavy atom. The predicted molar refractivity (Wildman–Crippen MR) is 218 cm³/mol. The highest BCUT2D eigenvalue weighted by molar-refractivity contribution is 7.47. The summed E-state index contributed by atoms with van der Waals surface area (Å²) in [7, 11) is -4.37. The van der Waals surface area contributed by atoms with E-state index in [4.69, 9.17) is 14.8 Å². The van der Waals surface area contributed by atoms with Crippen LogP contribution >= 0.6 is 7.82 Å². The van der Waals surface area contributed by atoms with Crippen LogP contribution < -0.4 is 11.1 Å². The number of rotatable bonds is 40. The van der Waals surface area contributed by atoms with Gasteiger partial charge in [-0.25, -0.2) is 4.57 Å². The first-order chi connectivity index (χ1) is 25.3. The number of nitrogens with two attached hydrogens (primary N) is 1. The third-order valence-corrected chi connectivity index (χ3v) is 10.6. The van der Waals surface area contributed by atoms with Crippen molar-refractivity contribution < 1.29 is 33.5 Å². The Morgan fingerprint density at radius 2 is 1.08 bits per heavy atom. The summed E-state index contributed by atoms with van der Waals surface area (Å²) in [6.07, 6.45) is 39.3. The number of aliphatic hydroxyl groups excluding tert-OH is 2. The molecule has 0 fully saturated rings. The Morgan fingerprint density at radius 1 is 0.654 bits per heavy atom. The van der Waals surface area contributed by atoms with Gasteiger partial charge < -0.3 is 26.2 Å². The standard InChI is InChI=1S/C42H83N2O7P/c1-3-5-7-9-11-13-15-17-18-19-20-22-23-25-27-29-31-33-39(45)37-42(47)44-40(38-51-52(48,49)50-36-35-43)41(46)34-32-30-28-26-24-21-16-14-12-10-8-6-4-2/h11,13,15,17,39-41,45-46H,3-10,12,14,16,18-38,43H2,1-2H3,(H,44,47)(H,48,49)/b13-11-,17-15-. The second-order valence-corrected chi connectivity index (χ2v) is 16.2. The average Bonchev–Trinajstić information content (AvgIpc) is 3.12. The molecular formula is C42H83N2O7P. The molecule has 0 radical (unpaired) electrons. The van der Waals surface area contributed by atoms with E-state index in [0.29, 0.717) is 12.8 Å². The quantitative estimate of drug-likeness (QED) is 0.0235. The maximum Gasteiger partial charge on any atom is 0.472 e. The highest BCUT2D eigenvalue weighted by Crippen LogP contribution is 2.43. The van der Waals surface area contributed by atoms with Crippen LogP contribution in [0.2, 0.25) is 0 Å². The molecule has 6 N–H and O–H groups in total. The first-order valence-electron chi connectivity index (χ1n) is 21.5. The fraction of sp³-hybridized carbons (Fsp3) is 0.881. The number of carbonyl (C=O) groups excluding carboxylic acids is 1. The molecule has 0 saturated heterocycles. The highest BCUT2D eigenvalue weighted by atomic mass is 31.2. The summed E-state index contributed by atoms with van der Waals surface area (Å²) < 4.78 is 22.1. The van der Waals surface area contributed by atoms with Crippen LogP contribution in [0.15, 0.2) is 24.3 Å². The summed E-state index contributed by atoms with van der Waals surface area (Å²) in [4.78, 5) is 22.8. The lowest BCUT2D eigenvalue weighted by atomic mass is 10.0. The average molecular weight is 759 g/mol. The number of phosphoric ester groups is 1. The summed E-state index contributed by atoms with van der Waals surface area (Å²) >= 11 is 0. The van der Waals surface area contributed by atoms with Gasteiger partial charge in [-0.3, -0.25) is 13.8 Å². The first kappa shape index (κ1) is 50.9. The van der Waals surface area contributed by atoms with Gasteiger partial charge in [0.25, 0.3) is 0 Å². The van der Waals surface area contributed by atoms with Gasteiger partial charge in [0.15, 0.2) is 0 Å². The topological polar surface area (TPSA) is 151 Å². The molecule has 52 heavy (non-hydrogen) atoms. The van der Waals surface area contributed by atoms with E-state index in [1.54, 1.807) is 0 Å². The molecule has 0 spiro atoms. The fourth-order valence-electron chi connectivity index (χ4n) is 6.35. The molecule has 0 aliphatic heterocycles. The predicted octanol–water partition coefficient (Wildman–Crippen LogP) is 10.8. The van der Waals surface area contributed by atoms with Crippen molar-refractivity contribution in [1.29, 1.82) is 0 Å². The lowest BCUT2D eigenvalue weighted by Crippen LogP contribution is -2.47. The number of carbonyl (C=O) groups is 1. The van der Waals surface area contributed by atoms with Gasteiger partial charge in [0.05, 0.1) is 37.9 Å². The monoisotopic (exact) mass is 759 g/mol. The van der Waals surface area contributed by atoms with Crippen molar-refractivity contribution in [2.45, 2.75) is 218 Å². The van der Waals surface area contributed by atoms with Gasteiger partial charge in [-0.1, -0.05) is 179 Å². The SMILES string of the molecule is CCCCC/C=C\C=C/CCCCCCCCCCC(O)CC(=O)NC(COP(=O)(O)OCCN)C(O)CCCCCCCCCCCCCCC. The minimum atomic E-state index is -4.37. The van der Waals surface area contributed by atoms with E-state index in [9.17, 15) is 24.5 Å². The molecule has 4 atom stereocenters. The van der Waals surface area contributed by atoms with Crippen molar-refractivity contribution in [2.75, 3.05) is 19.8 Å². The molecule has 0 rings (SSSR count). The molecule has 0 heterocycles. The number of amides is 1. The van der Waals surface area contributed by atoms with E-state index >= 15 is 0 Å². The summed E-state index contributed by atoms with van der Waals surface area (Å²) in [5, 5.41) is 24.2. The Labute approximate surface area is 320 Å². The highest BCUT2D eigenvalue weighted by Gasteiger charge is 2.28. The van der Waals surface area contributed by atoms with Crippen molar-refractivity contribution in [3.8, 4) is 0 Å². The molecule has 0 bridgehead atoms. The maximum atomic E-state index is 12.8. The number of hydrogen-bond donors (Lipinski definition) is 5. The summed E-state index contributed by atoms with van der Waals surface area (Å²) in [6.45, 7) is 4.01. The molecule has 0 aromatic carbocycles. The van der Waals surface area contributed by atoms with Gasteiger partial charge in [0, 0.05) is 6.54 Å². The molecule has 1 amide bonds. The number of unbranched alkanes of at least 4 members (excludes halogenated alkanes) is 23. The van der Waals surface area contributed by atoms with Crippen LogP contribution in [0.1, 0.15) is 200 Å². The lowest BCUT2D eigenvalue weighted by molar-refractivity contribution is -0.125. The number of aliphatic hydroxyl groups is 2. The summed E-state index contributed by atoms with van der Waals surface area (Å²) in [5.41, 5.74) is 5.36. The van der Waals surface area contributed by atoms with Crippen molar-refractivity contribution in [1.82, 2.24) is 5.32 Å². The van der Waals surface area contributed by atoms with Gasteiger partial charge in [-0.2, -0.15) is 0 Å². The van der Waals surface area contributed by atoms with Crippen molar-refractivity contribution in [2.24, 2.45) is 5.73 Å². The summed E-state index contributed by atoms with van der Waals surface area (Å²) in [5.74, 6) is -0.418. The van der Waals surface area contributed by atoms with Crippen LogP contribution in [0, 0.1) is 0 Å². The second-order valence-electron chi connectivity index (χ2n) is 14.8. The van der Waals surface area contributed by atoms with E-state index in [2.05, 4.69) is 43.5 Å². The minimum Gasteiger partial charge on any atom is -0.393 e. The van der Waals surface area contributed by atoms with Crippen LogP contribution in [-0.4, -0.2) is 59.0 Å². The molecule has 10 heteroatoms. The van der Waals surface area contributed by atoms with E-state index in [0.717, 1.165) is 44.9 Å². The second kappa shape index (κ2) is 38.2. The van der Waals surface area contributed by atoms with E-state index in [-0.39, 0.29) is 26.2 Å². The Balaban J connectivity index is 4.27. The zero-order valence-electron chi connectivity index (χ0n) is 33.7. The Hall–Kier alpha value is -1.06. The van der Waals surface area contributed by atoms with Crippen LogP contribution in [0.25, 0.3) is 0 Å². The molecule has 0 aromatic heterocycles. The van der Waals surface area contributed by atoms with Crippen LogP contribution in [-0.2, 0) is 18.4 Å².